The molecule has 0 radical (unpaired) electrons. The van der Waals surface area contributed by atoms with E-state index in [4.69, 9.17) is 25.8 Å². The fourth-order valence-corrected chi connectivity index (χ4v) is 4.11. The Kier molecular flexibility index (Phi) is 7.05. The molecule has 174 valence electrons. The van der Waals surface area contributed by atoms with Crippen LogP contribution in [-0.2, 0) is 11.3 Å². The summed E-state index contributed by atoms with van der Waals surface area (Å²) < 4.78 is 16.4. The summed E-state index contributed by atoms with van der Waals surface area (Å²) in [5.74, 6) is 1.08. The summed E-state index contributed by atoms with van der Waals surface area (Å²) in [5.41, 5.74) is 1.38. The molecule has 1 aliphatic rings. The van der Waals surface area contributed by atoms with Crippen molar-refractivity contribution >= 4 is 34.2 Å². The number of halogens is 1. The van der Waals surface area contributed by atoms with Gasteiger partial charge in [0, 0.05) is 40.9 Å². The van der Waals surface area contributed by atoms with Gasteiger partial charge in [0.15, 0.2) is 11.5 Å². The van der Waals surface area contributed by atoms with Crippen molar-refractivity contribution in [3.8, 4) is 11.5 Å². The number of nitrogens with one attached hydrogen (secondary N) is 2. The molecule has 2 heterocycles. The van der Waals surface area contributed by atoms with Crippen LogP contribution in [0.4, 0.5) is 10.5 Å². The predicted molar refractivity (Wildman–Crippen MR) is 128 cm³/mol. The van der Waals surface area contributed by atoms with Gasteiger partial charge in [-0.3, -0.25) is 4.79 Å². The molecule has 0 bridgehead atoms. The summed E-state index contributed by atoms with van der Waals surface area (Å²) in [4.78, 5) is 30.5. The Morgan fingerprint density at radius 1 is 1.21 bits per heavy atom. The maximum absolute atomic E-state index is 13.1. The van der Waals surface area contributed by atoms with Crippen LogP contribution in [0.3, 0.4) is 0 Å². The van der Waals surface area contributed by atoms with Crippen molar-refractivity contribution < 1.29 is 19.0 Å². The zero-order valence-corrected chi connectivity index (χ0v) is 19.3. The number of aromatic amines is 1. The molecule has 1 fully saturated rings. The number of H-pyrrole nitrogens is 1. The smallest absolute Gasteiger partial charge is 0.322 e. The maximum Gasteiger partial charge on any atom is 0.322 e. The SMILES string of the molecule is COc1cc2cc(CN(C[C@H]3CCCO3)C(=O)Nc3cccc(Cl)c3)c(=O)[nH]c2cc1OC. The van der Waals surface area contributed by atoms with Crippen molar-refractivity contribution in [3.05, 3.63) is 63.4 Å². The highest BCUT2D eigenvalue weighted by Gasteiger charge is 2.24. The van der Waals surface area contributed by atoms with Gasteiger partial charge in [-0.15, -0.1) is 0 Å². The summed E-state index contributed by atoms with van der Waals surface area (Å²) in [6.07, 6.45) is 1.75. The molecule has 1 aromatic heterocycles. The molecule has 4 rings (SSSR count). The van der Waals surface area contributed by atoms with E-state index in [0.29, 0.717) is 46.4 Å². The van der Waals surface area contributed by atoms with Gasteiger partial charge in [-0.25, -0.2) is 4.79 Å². The lowest BCUT2D eigenvalue weighted by Gasteiger charge is -2.26. The van der Waals surface area contributed by atoms with Gasteiger partial charge in [-0.05, 0) is 43.2 Å². The van der Waals surface area contributed by atoms with Gasteiger partial charge < -0.3 is 29.4 Å². The molecule has 8 nitrogen and oxygen atoms in total. The Balaban J connectivity index is 1.63. The van der Waals surface area contributed by atoms with E-state index < -0.39 is 0 Å². The maximum atomic E-state index is 13.1. The second kappa shape index (κ2) is 10.1. The van der Waals surface area contributed by atoms with E-state index in [0.717, 1.165) is 18.2 Å². The van der Waals surface area contributed by atoms with E-state index in [-0.39, 0.29) is 24.2 Å². The Labute approximate surface area is 196 Å². The minimum Gasteiger partial charge on any atom is -0.493 e. The second-order valence-electron chi connectivity index (χ2n) is 7.87. The first-order valence-electron chi connectivity index (χ1n) is 10.7. The number of methoxy groups -OCH3 is 2. The molecule has 9 heteroatoms. The Morgan fingerprint density at radius 2 is 2.00 bits per heavy atom. The average Bonchev–Trinajstić information content (AvgIpc) is 3.31. The summed E-state index contributed by atoms with van der Waals surface area (Å²) in [7, 11) is 3.09. The number of benzene rings is 2. The Morgan fingerprint density at radius 3 is 2.70 bits per heavy atom. The standard InChI is InChI=1S/C24H26ClN3O5/c1-31-21-10-15-9-16(23(29)27-20(15)12-22(21)32-2)13-28(14-19-7-4-8-33-19)24(30)26-18-6-3-5-17(25)11-18/h3,5-6,9-12,19H,4,7-8,13-14H2,1-2H3,(H,26,30)(H,27,29)/t19-/m1/s1. The van der Waals surface area contributed by atoms with Crippen LogP contribution in [0.1, 0.15) is 18.4 Å². The number of carbonyl (C=O) groups excluding carboxylic acids is 1. The van der Waals surface area contributed by atoms with Gasteiger partial charge in [0.2, 0.25) is 0 Å². The van der Waals surface area contributed by atoms with Gasteiger partial charge in [-0.2, -0.15) is 0 Å². The first-order chi connectivity index (χ1) is 16.0. The monoisotopic (exact) mass is 471 g/mol. The number of carbonyl (C=O) groups is 1. The topological polar surface area (TPSA) is 92.9 Å². The second-order valence-corrected chi connectivity index (χ2v) is 8.31. The lowest BCUT2D eigenvalue weighted by atomic mass is 10.1. The zero-order chi connectivity index (χ0) is 23.4. The van der Waals surface area contributed by atoms with Gasteiger partial charge >= 0.3 is 6.03 Å². The lowest BCUT2D eigenvalue weighted by Crippen LogP contribution is -2.40. The number of fused-ring (bicyclic) bond motifs is 1. The molecule has 0 saturated carbocycles. The van der Waals surface area contributed by atoms with E-state index in [1.165, 1.54) is 7.11 Å². The first kappa shape index (κ1) is 22.9. The van der Waals surface area contributed by atoms with Crippen LogP contribution in [0.2, 0.25) is 5.02 Å². The number of hydrogen-bond acceptors (Lipinski definition) is 5. The van der Waals surface area contributed by atoms with Crippen molar-refractivity contribution in [1.82, 2.24) is 9.88 Å². The van der Waals surface area contributed by atoms with Crippen LogP contribution in [-0.4, -0.2) is 49.4 Å². The van der Waals surface area contributed by atoms with Crippen molar-refractivity contribution in [2.75, 3.05) is 32.7 Å². The van der Waals surface area contributed by atoms with Crippen LogP contribution in [0.15, 0.2) is 47.3 Å². The number of pyridine rings is 1. The number of urea groups is 1. The number of amides is 2. The van der Waals surface area contributed by atoms with Crippen molar-refractivity contribution in [3.63, 3.8) is 0 Å². The van der Waals surface area contributed by atoms with Crippen LogP contribution >= 0.6 is 11.6 Å². The highest BCUT2D eigenvalue weighted by molar-refractivity contribution is 6.30. The minimum absolute atomic E-state index is 0.0704. The molecule has 3 aromatic rings. The van der Waals surface area contributed by atoms with E-state index in [1.807, 2.05) is 0 Å². The van der Waals surface area contributed by atoms with Gasteiger partial charge in [-0.1, -0.05) is 17.7 Å². The number of aromatic nitrogens is 1. The molecule has 1 atom stereocenters. The molecule has 1 saturated heterocycles. The molecular formula is C24H26ClN3O5. The number of nitrogens with zero attached hydrogens (tertiary/aromatic N) is 1. The predicted octanol–water partition coefficient (Wildman–Crippen LogP) is 4.41. The molecule has 0 unspecified atom stereocenters. The summed E-state index contributed by atoms with van der Waals surface area (Å²) in [6.45, 7) is 1.16. The average molecular weight is 472 g/mol. The van der Waals surface area contributed by atoms with E-state index in [1.54, 1.807) is 54.5 Å². The summed E-state index contributed by atoms with van der Waals surface area (Å²) in [6, 6.07) is 11.9. The van der Waals surface area contributed by atoms with E-state index >= 15 is 0 Å². The van der Waals surface area contributed by atoms with Crippen LogP contribution < -0.4 is 20.3 Å². The minimum atomic E-state index is -0.334. The molecule has 2 amide bonds. The number of ether oxygens (including phenoxy) is 3. The third-order valence-electron chi connectivity index (χ3n) is 5.60. The van der Waals surface area contributed by atoms with Crippen molar-refractivity contribution in [2.45, 2.75) is 25.5 Å². The van der Waals surface area contributed by atoms with Gasteiger partial charge in [0.25, 0.3) is 5.56 Å². The van der Waals surface area contributed by atoms with Crippen LogP contribution in [0.5, 0.6) is 11.5 Å². The largest absolute Gasteiger partial charge is 0.493 e. The summed E-state index contributed by atoms with van der Waals surface area (Å²) in [5, 5.41) is 4.16. The van der Waals surface area contributed by atoms with E-state index in [9.17, 15) is 9.59 Å². The molecule has 33 heavy (non-hydrogen) atoms. The third-order valence-corrected chi connectivity index (χ3v) is 5.83. The van der Waals surface area contributed by atoms with E-state index in [2.05, 4.69) is 10.3 Å². The molecule has 0 spiro atoms. The third kappa shape index (κ3) is 5.40. The highest BCUT2D eigenvalue weighted by Crippen LogP contribution is 2.31. The van der Waals surface area contributed by atoms with Crippen molar-refractivity contribution in [2.24, 2.45) is 0 Å². The number of rotatable bonds is 7. The first-order valence-corrected chi connectivity index (χ1v) is 11.1. The number of anilines is 1. The summed E-state index contributed by atoms with van der Waals surface area (Å²) >= 11 is 6.05. The fourth-order valence-electron chi connectivity index (χ4n) is 3.92. The van der Waals surface area contributed by atoms with Crippen LogP contribution in [0, 0.1) is 0 Å². The number of hydrogen-bond donors (Lipinski definition) is 2. The van der Waals surface area contributed by atoms with Gasteiger partial charge in [0.05, 0.1) is 32.4 Å². The quantitative estimate of drug-likeness (QED) is 0.532. The molecular weight excluding hydrogens is 446 g/mol. The fraction of sp³-hybridized carbons (Fsp3) is 0.333. The highest BCUT2D eigenvalue weighted by atomic mass is 35.5. The Hall–Kier alpha value is -3.23. The van der Waals surface area contributed by atoms with Gasteiger partial charge in [0.1, 0.15) is 0 Å². The molecule has 1 aliphatic heterocycles. The molecule has 2 N–H and O–H groups in total. The lowest BCUT2D eigenvalue weighted by molar-refractivity contribution is 0.0818. The zero-order valence-electron chi connectivity index (χ0n) is 18.5. The van der Waals surface area contributed by atoms with Crippen molar-refractivity contribution in [1.29, 1.82) is 0 Å². The van der Waals surface area contributed by atoms with Crippen LogP contribution in [0.25, 0.3) is 10.9 Å². The molecule has 0 aliphatic carbocycles. The molecule has 2 aromatic carbocycles. The normalized spacial score (nSPS) is 15.4. The Bertz CT molecular complexity index is 1210.